The Labute approximate surface area is 132 Å². The third-order valence-electron chi connectivity index (χ3n) is 2.53. The zero-order valence-corrected chi connectivity index (χ0v) is 13.5. The summed E-state index contributed by atoms with van der Waals surface area (Å²) in [5, 5.41) is 1.79. The summed E-state index contributed by atoms with van der Waals surface area (Å²) in [6.45, 7) is 0.0227. The van der Waals surface area contributed by atoms with Crippen molar-refractivity contribution in [3.63, 3.8) is 0 Å². The zero-order chi connectivity index (χ0) is 15.7. The Kier molecular flexibility index (Phi) is 4.76. The molecular weight excluding hydrogens is 391 g/mol. The van der Waals surface area contributed by atoms with Gasteiger partial charge in [0.25, 0.3) is 0 Å². The van der Waals surface area contributed by atoms with Crippen molar-refractivity contribution in [1.82, 2.24) is 4.72 Å². The van der Waals surface area contributed by atoms with E-state index in [9.17, 15) is 21.6 Å². The number of sulfonamides is 1. The number of halogens is 4. The van der Waals surface area contributed by atoms with Gasteiger partial charge in [-0.3, -0.25) is 0 Å². The van der Waals surface area contributed by atoms with Gasteiger partial charge in [-0.1, -0.05) is 6.07 Å². The summed E-state index contributed by atoms with van der Waals surface area (Å²) in [6, 6.07) is 5.38. The minimum Gasteiger partial charge on any atom is -0.207 e. The minimum absolute atomic E-state index is 0.0227. The van der Waals surface area contributed by atoms with Gasteiger partial charge in [-0.2, -0.15) is 13.2 Å². The van der Waals surface area contributed by atoms with E-state index < -0.39 is 26.7 Å². The maximum atomic E-state index is 12.6. The lowest BCUT2D eigenvalue weighted by Gasteiger charge is -2.09. The molecule has 2 aromatic rings. The van der Waals surface area contributed by atoms with Crippen LogP contribution < -0.4 is 4.72 Å². The molecule has 0 bridgehead atoms. The molecule has 0 spiro atoms. The van der Waals surface area contributed by atoms with E-state index in [1.807, 2.05) is 0 Å². The first-order chi connectivity index (χ1) is 9.68. The first-order valence-corrected chi connectivity index (χ1v) is 8.74. The highest BCUT2D eigenvalue weighted by Gasteiger charge is 2.31. The van der Waals surface area contributed by atoms with E-state index in [0.29, 0.717) is 6.07 Å². The number of thiophene rings is 1. The monoisotopic (exact) mass is 399 g/mol. The van der Waals surface area contributed by atoms with Crippen LogP contribution in [0, 0.1) is 0 Å². The van der Waals surface area contributed by atoms with Crippen LogP contribution in [0.4, 0.5) is 13.2 Å². The van der Waals surface area contributed by atoms with E-state index in [2.05, 4.69) is 20.7 Å². The van der Waals surface area contributed by atoms with Crippen LogP contribution in [0.15, 0.2) is 45.1 Å². The Morgan fingerprint density at radius 2 is 1.95 bits per heavy atom. The molecule has 0 aliphatic heterocycles. The maximum Gasteiger partial charge on any atom is 0.416 e. The molecule has 3 nitrogen and oxygen atoms in total. The summed E-state index contributed by atoms with van der Waals surface area (Å²) >= 11 is 4.58. The highest BCUT2D eigenvalue weighted by Crippen LogP contribution is 2.30. The predicted octanol–water partition coefficient (Wildman–Crippen LogP) is 4.01. The van der Waals surface area contributed by atoms with Crippen LogP contribution >= 0.6 is 27.3 Å². The summed E-state index contributed by atoms with van der Waals surface area (Å²) in [7, 11) is -3.99. The standard InChI is InChI=1S/C12H9BrF3NO2S2/c13-9-5-10(20-7-9)6-17-21(18,19)11-3-1-2-8(4-11)12(14,15)16/h1-5,7,17H,6H2. The molecule has 9 heteroatoms. The molecule has 114 valence electrons. The molecule has 0 radical (unpaired) electrons. The van der Waals surface area contributed by atoms with Gasteiger partial charge >= 0.3 is 6.18 Å². The summed E-state index contributed by atoms with van der Waals surface area (Å²) < 4.78 is 64.9. The van der Waals surface area contributed by atoms with E-state index in [1.165, 1.54) is 11.3 Å². The van der Waals surface area contributed by atoms with Crippen LogP contribution in [0.25, 0.3) is 0 Å². The van der Waals surface area contributed by atoms with E-state index in [0.717, 1.165) is 27.5 Å². The lowest BCUT2D eigenvalue weighted by Crippen LogP contribution is -2.23. The van der Waals surface area contributed by atoms with Crippen LogP contribution in [0.3, 0.4) is 0 Å². The maximum absolute atomic E-state index is 12.6. The van der Waals surface area contributed by atoms with Crippen LogP contribution in [-0.4, -0.2) is 8.42 Å². The molecular formula is C12H9BrF3NO2S2. The molecule has 1 aromatic carbocycles. The van der Waals surface area contributed by atoms with Gasteiger partial charge in [0, 0.05) is 21.3 Å². The Morgan fingerprint density at radius 3 is 2.52 bits per heavy atom. The molecule has 0 amide bonds. The number of rotatable bonds is 4. The van der Waals surface area contributed by atoms with Crippen LogP contribution in [0.1, 0.15) is 10.4 Å². The van der Waals surface area contributed by atoms with Crippen LogP contribution in [0.2, 0.25) is 0 Å². The average Bonchev–Trinajstić information content (AvgIpc) is 2.82. The molecule has 0 saturated carbocycles. The van der Waals surface area contributed by atoms with Crippen molar-refractivity contribution < 1.29 is 21.6 Å². The molecule has 0 saturated heterocycles. The van der Waals surface area contributed by atoms with Crippen molar-refractivity contribution >= 4 is 37.3 Å². The lowest BCUT2D eigenvalue weighted by molar-refractivity contribution is -0.137. The Hall–Kier alpha value is -0.900. The van der Waals surface area contributed by atoms with Gasteiger partial charge in [-0.25, -0.2) is 13.1 Å². The SMILES string of the molecule is O=S(=O)(NCc1cc(Br)cs1)c1cccc(C(F)(F)F)c1. The number of alkyl halides is 3. The van der Waals surface area contributed by atoms with Gasteiger partial charge in [0.05, 0.1) is 10.5 Å². The molecule has 2 rings (SSSR count). The Morgan fingerprint density at radius 1 is 1.24 bits per heavy atom. The van der Waals surface area contributed by atoms with Crippen molar-refractivity contribution in [2.24, 2.45) is 0 Å². The number of benzene rings is 1. The molecule has 0 unspecified atom stereocenters. The molecule has 0 aliphatic rings. The smallest absolute Gasteiger partial charge is 0.207 e. The van der Waals surface area contributed by atoms with Gasteiger partial charge in [0.2, 0.25) is 10.0 Å². The van der Waals surface area contributed by atoms with Crippen molar-refractivity contribution in [2.45, 2.75) is 17.6 Å². The number of nitrogens with one attached hydrogen (secondary N) is 1. The summed E-state index contributed by atoms with van der Waals surface area (Å²) in [6.07, 6.45) is -4.58. The second kappa shape index (κ2) is 6.07. The summed E-state index contributed by atoms with van der Waals surface area (Å²) in [5.74, 6) is 0. The van der Waals surface area contributed by atoms with E-state index in [-0.39, 0.29) is 6.54 Å². The number of hydrogen-bond acceptors (Lipinski definition) is 3. The topological polar surface area (TPSA) is 46.2 Å². The Bertz CT molecular complexity index is 741. The van der Waals surface area contributed by atoms with Gasteiger partial charge in [0.1, 0.15) is 0 Å². The number of hydrogen-bond donors (Lipinski definition) is 1. The Balaban J connectivity index is 2.19. The van der Waals surface area contributed by atoms with Gasteiger partial charge in [-0.15, -0.1) is 11.3 Å². The minimum atomic E-state index is -4.58. The molecule has 0 fully saturated rings. The fourth-order valence-corrected chi connectivity index (χ4v) is 4.07. The van der Waals surface area contributed by atoms with Crippen molar-refractivity contribution in [1.29, 1.82) is 0 Å². The third-order valence-corrected chi connectivity index (χ3v) is 5.63. The fraction of sp³-hybridized carbons (Fsp3) is 0.167. The molecule has 1 heterocycles. The van der Waals surface area contributed by atoms with Gasteiger partial charge in [-0.05, 0) is 40.2 Å². The second-order valence-corrected chi connectivity index (χ2v) is 7.76. The van der Waals surface area contributed by atoms with Crippen molar-refractivity contribution in [2.75, 3.05) is 0 Å². The van der Waals surface area contributed by atoms with Crippen molar-refractivity contribution in [3.05, 3.63) is 50.6 Å². The molecule has 0 aliphatic carbocycles. The highest BCUT2D eigenvalue weighted by molar-refractivity contribution is 9.10. The van der Waals surface area contributed by atoms with E-state index in [4.69, 9.17) is 0 Å². The first kappa shape index (κ1) is 16.5. The summed E-state index contributed by atoms with van der Waals surface area (Å²) in [5.41, 5.74) is -0.996. The summed E-state index contributed by atoms with van der Waals surface area (Å²) in [4.78, 5) is 0.338. The third kappa shape index (κ3) is 4.29. The van der Waals surface area contributed by atoms with Gasteiger partial charge in [0.15, 0.2) is 0 Å². The van der Waals surface area contributed by atoms with Crippen molar-refractivity contribution in [3.8, 4) is 0 Å². The quantitative estimate of drug-likeness (QED) is 0.843. The van der Waals surface area contributed by atoms with E-state index in [1.54, 1.807) is 11.4 Å². The van der Waals surface area contributed by atoms with Gasteiger partial charge < -0.3 is 0 Å². The van der Waals surface area contributed by atoms with E-state index >= 15 is 0 Å². The second-order valence-electron chi connectivity index (χ2n) is 4.08. The fourth-order valence-electron chi connectivity index (χ4n) is 1.54. The molecule has 0 atom stereocenters. The molecule has 1 aromatic heterocycles. The average molecular weight is 400 g/mol. The predicted molar refractivity (Wildman–Crippen MR) is 77.5 cm³/mol. The molecule has 1 N–H and O–H groups in total. The van der Waals surface area contributed by atoms with Crippen LogP contribution in [0.5, 0.6) is 0 Å². The first-order valence-electron chi connectivity index (χ1n) is 5.58. The van der Waals surface area contributed by atoms with Crippen LogP contribution in [-0.2, 0) is 22.7 Å². The highest BCUT2D eigenvalue weighted by atomic mass is 79.9. The lowest BCUT2D eigenvalue weighted by atomic mass is 10.2. The zero-order valence-electron chi connectivity index (χ0n) is 10.3. The normalized spacial score (nSPS) is 12.6. The largest absolute Gasteiger partial charge is 0.416 e. The molecule has 21 heavy (non-hydrogen) atoms.